The second-order valence-corrected chi connectivity index (χ2v) is 8.00. The minimum absolute atomic E-state index is 0.0550. The molecule has 9 heteroatoms. The smallest absolute Gasteiger partial charge is 0.263 e. The predicted molar refractivity (Wildman–Crippen MR) is 110 cm³/mol. The highest BCUT2D eigenvalue weighted by molar-refractivity contribution is 7.92. The van der Waals surface area contributed by atoms with E-state index in [1.54, 1.807) is 24.3 Å². The Labute approximate surface area is 172 Å². The summed E-state index contributed by atoms with van der Waals surface area (Å²) in [5.74, 6) is -0.372. The van der Waals surface area contributed by atoms with Crippen LogP contribution >= 0.6 is 11.6 Å². The molecule has 0 bridgehead atoms. The fraction of sp³-hybridized carbons (Fsp3) is 0.0500. The van der Waals surface area contributed by atoms with Crippen molar-refractivity contribution < 1.29 is 22.3 Å². The summed E-state index contributed by atoms with van der Waals surface area (Å²) in [6.45, 7) is 0. The molecule has 0 saturated carbocycles. The van der Waals surface area contributed by atoms with E-state index in [2.05, 4.69) is 10.0 Å². The first-order valence-corrected chi connectivity index (χ1v) is 10.2. The number of nitrogens with one attached hydrogen (secondary N) is 2. The van der Waals surface area contributed by atoms with Crippen LogP contribution < -0.4 is 14.8 Å². The summed E-state index contributed by atoms with van der Waals surface area (Å²) >= 11 is 6.05. The van der Waals surface area contributed by atoms with E-state index in [1.807, 2.05) is 0 Å². The van der Waals surface area contributed by atoms with Gasteiger partial charge in [-0.1, -0.05) is 11.6 Å². The van der Waals surface area contributed by atoms with E-state index in [4.69, 9.17) is 16.3 Å². The zero-order valence-electron chi connectivity index (χ0n) is 15.1. The Morgan fingerprint density at radius 1 is 0.966 bits per heavy atom. The molecule has 0 spiro atoms. The number of amides is 1. The van der Waals surface area contributed by atoms with Crippen molar-refractivity contribution in [1.82, 2.24) is 0 Å². The summed E-state index contributed by atoms with van der Waals surface area (Å²) in [5, 5.41) is 2.61. The third-order valence-electron chi connectivity index (χ3n) is 3.93. The van der Waals surface area contributed by atoms with Gasteiger partial charge in [0.2, 0.25) is 0 Å². The lowest BCUT2D eigenvalue weighted by Gasteiger charge is -2.12. The van der Waals surface area contributed by atoms with Crippen LogP contribution in [0.1, 0.15) is 10.4 Å². The van der Waals surface area contributed by atoms with Crippen LogP contribution in [0.5, 0.6) is 5.75 Å². The molecule has 2 N–H and O–H groups in total. The van der Waals surface area contributed by atoms with Gasteiger partial charge in [0.1, 0.15) is 16.5 Å². The van der Waals surface area contributed by atoms with Gasteiger partial charge in [0, 0.05) is 16.9 Å². The van der Waals surface area contributed by atoms with Gasteiger partial charge < -0.3 is 10.1 Å². The van der Waals surface area contributed by atoms with Gasteiger partial charge in [-0.2, -0.15) is 0 Å². The van der Waals surface area contributed by atoms with Gasteiger partial charge >= 0.3 is 0 Å². The van der Waals surface area contributed by atoms with Crippen molar-refractivity contribution in [3.8, 4) is 5.75 Å². The molecule has 29 heavy (non-hydrogen) atoms. The molecule has 0 fully saturated rings. The lowest BCUT2D eigenvalue weighted by molar-refractivity contribution is 0.102. The molecule has 0 aliphatic carbocycles. The normalized spacial score (nSPS) is 11.0. The maximum absolute atomic E-state index is 13.0. The van der Waals surface area contributed by atoms with Crippen LogP contribution in [0.4, 0.5) is 15.8 Å². The van der Waals surface area contributed by atoms with Crippen LogP contribution in [0.3, 0.4) is 0 Å². The van der Waals surface area contributed by atoms with Gasteiger partial charge in [-0.15, -0.1) is 0 Å². The quantitative estimate of drug-likeness (QED) is 0.596. The van der Waals surface area contributed by atoms with Crippen molar-refractivity contribution in [1.29, 1.82) is 0 Å². The third kappa shape index (κ3) is 5.04. The first kappa shape index (κ1) is 20.6. The molecule has 0 atom stereocenters. The van der Waals surface area contributed by atoms with Crippen molar-refractivity contribution in [3.05, 3.63) is 83.1 Å². The monoisotopic (exact) mass is 434 g/mol. The predicted octanol–water partition coefficient (Wildman–Crippen LogP) is 4.54. The Balaban J connectivity index is 1.84. The molecule has 0 heterocycles. The van der Waals surface area contributed by atoms with E-state index in [-0.39, 0.29) is 21.2 Å². The number of hydrogen-bond acceptors (Lipinski definition) is 4. The van der Waals surface area contributed by atoms with Crippen LogP contribution in [-0.4, -0.2) is 21.4 Å². The Bertz CT molecular complexity index is 1130. The van der Waals surface area contributed by atoms with Crippen molar-refractivity contribution >= 4 is 38.9 Å². The number of carbonyl (C=O) groups is 1. The minimum Gasteiger partial charge on any atom is -0.497 e. The number of ether oxygens (including phenoxy) is 1. The first-order chi connectivity index (χ1) is 13.8. The van der Waals surface area contributed by atoms with Crippen LogP contribution in [0, 0.1) is 5.82 Å². The molecule has 0 aliphatic heterocycles. The van der Waals surface area contributed by atoms with E-state index in [0.29, 0.717) is 11.4 Å². The lowest BCUT2D eigenvalue weighted by atomic mass is 10.2. The molecule has 0 unspecified atom stereocenters. The SMILES string of the molecule is COc1ccc(NC(=O)c2ccc(Cl)c(S(=O)(=O)Nc3ccc(F)cc3)c2)cc1. The highest BCUT2D eigenvalue weighted by Crippen LogP contribution is 2.26. The molecule has 150 valence electrons. The molecule has 6 nitrogen and oxygen atoms in total. The summed E-state index contributed by atoms with van der Waals surface area (Å²) in [4.78, 5) is 12.2. The minimum atomic E-state index is -4.10. The molecule has 0 aliphatic rings. The Kier molecular flexibility index (Phi) is 6.05. The second-order valence-electron chi connectivity index (χ2n) is 5.94. The first-order valence-electron chi connectivity index (χ1n) is 8.32. The highest BCUT2D eigenvalue weighted by Gasteiger charge is 2.20. The number of sulfonamides is 1. The molecule has 0 radical (unpaired) electrons. The number of rotatable bonds is 6. The average molecular weight is 435 g/mol. The second kappa shape index (κ2) is 8.50. The van der Waals surface area contributed by atoms with E-state index < -0.39 is 21.7 Å². The molecule has 3 aromatic carbocycles. The summed E-state index contributed by atoms with van der Waals surface area (Å²) in [6.07, 6.45) is 0. The summed E-state index contributed by atoms with van der Waals surface area (Å²) in [7, 11) is -2.56. The van der Waals surface area contributed by atoms with E-state index in [0.717, 1.165) is 12.1 Å². The van der Waals surface area contributed by atoms with Gasteiger partial charge in [-0.05, 0) is 66.7 Å². The fourth-order valence-corrected chi connectivity index (χ4v) is 4.04. The maximum atomic E-state index is 13.0. The van der Waals surface area contributed by atoms with Gasteiger partial charge in [0.05, 0.1) is 12.1 Å². The van der Waals surface area contributed by atoms with Crippen molar-refractivity contribution in [3.63, 3.8) is 0 Å². The summed E-state index contributed by atoms with van der Waals surface area (Å²) in [5.41, 5.74) is 0.778. The Hall–Kier alpha value is -3.10. The van der Waals surface area contributed by atoms with Crippen molar-refractivity contribution in [2.45, 2.75) is 4.90 Å². The van der Waals surface area contributed by atoms with Crippen LogP contribution in [0.2, 0.25) is 5.02 Å². The van der Waals surface area contributed by atoms with Crippen molar-refractivity contribution in [2.75, 3.05) is 17.1 Å². The summed E-state index contributed by atoms with van der Waals surface area (Å²) in [6, 6.07) is 15.4. The molecule has 0 aromatic heterocycles. The number of anilines is 2. The van der Waals surface area contributed by atoms with Crippen LogP contribution in [0.15, 0.2) is 71.6 Å². The number of halogens is 2. The third-order valence-corrected chi connectivity index (χ3v) is 5.79. The lowest BCUT2D eigenvalue weighted by Crippen LogP contribution is -2.16. The molecule has 1 amide bonds. The largest absolute Gasteiger partial charge is 0.497 e. The Morgan fingerprint density at radius 2 is 1.59 bits per heavy atom. The zero-order chi connectivity index (χ0) is 21.0. The van der Waals surface area contributed by atoms with Gasteiger partial charge in [-0.25, -0.2) is 12.8 Å². The van der Waals surface area contributed by atoms with E-state index >= 15 is 0 Å². The van der Waals surface area contributed by atoms with E-state index in [9.17, 15) is 17.6 Å². The van der Waals surface area contributed by atoms with Gasteiger partial charge in [0.15, 0.2) is 0 Å². The van der Waals surface area contributed by atoms with Crippen molar-refractivity contribution in [2.24, 2.45) is 0 Å². The molecular formula is C20H16ClFN2O4S. The molecule has 0 saturated heterocycles. The zero-order valence-corrected chi connectivity index (χ0v) is 16.7. The topological polar surface area (TPSA) is 84.5 Å². The number of benzene rings is 3. The van der Waals surface area contributed by atoms with Gasteiger partial charge in [-0.3, -0.25) is 9.52 Å². The molecule has 3 aromatic rings. The molecular weight excluding hydrogens is 419 g/mol. The fourth-order valence-electron chi connectivity index (χ4n) is 2.46. The maximum Gasteiger partial charge on any atom is 0.263 e. The molecule has 3 rings (SSSR count). The summed E-state index contributed by atoms with van der Waals surface area (Å²) < 4.78 is 45.7. The van der Waals surface area contributed by atoms with Crippen LogP contribution in [-0.2, 0) is 10.0 Å². The average Bonchev–Trinajstić information content (AvgIpc) is 2.70. The number of hydrogen-bond donors (Lipinski definition) is 2. The Morgan fingerprint density at radius 3 is 2.21 bits per heavy atom. The number of carbonyl (C=O) groups excluding carboxylic acids is 1. The number of methoxy groups -OCH3 is 1. The van der Waals surface area contributed by atoms with E-state index in [1.165, 1.54) is 37.4 Å². The van der Waals surface area contributed by atoms with Crippen LogP contribution in [0.25, 0.3) is 0 Å². The highest BCUT2D eigenvalue weighted by atomic mass is 35.5. The standard InChI is InChI=1S/C20H16ClFN2O4S/c1-28-17-9-7-15(8-10-17)23-20(25)13-2-11-18(21)19(12-13)29(26,27)24-16-5-3-14(22)4-6-16/h2-12,24H,1H3,(H,23,25). The van der Waals surface area contributed by atoms with Gasteiger partial charge in [0.25, 0.3) is 15.9 Å².